The fourth-order valence-corrected chi connectivity index (χ4v) is 4.51. The van der Waals surface area contributed by atoms with Crippen LogP contribution in [-0.4, -0.2) is 35.9 Å². The highest BCUT2D eigenvalue weighted by molar-refractivity contribution is 7.89. The zero-order valence-electron chi connectivity index (χ0n) is 18.8. The van der Waals surface area contributed by atoms with Crippen LogP contribution in [0.25, 0.3) is 5.57 Å². The van der Waals surface area contributed by atoms with Crippen LogP contribution in [0.15, 0.2) is 84.0 Å². The van der Waals surface area contributed by atoms with Gasteiger partial charge < -0.3 is 5.11 Å². The highest BCUT2D eigenvalue weighted by Gasteiger charge is 2.15. The lowest BCUT2D eigenvalue weighted by Crippen LogP contribution is -2.26. The molecule has 3 aromatic rings. The van der Waals surface area contributed by atoms with Gasteiger partial charge in [0, 0.05) is 43.1 Å². The number of hydrogen-bond acceptors (Lipinski definition) is 6. The molecule has 0 radical (unpaired) electrons. The Morgan fingerprint density at radius 2 is 1.83 bits per heavy atom. The van der Waals surface area contributed by atoms with Gasteiger partial charge in [-0.25, -0.2) is 13.1 Å². The molecular weight excluding hydrogens is 470 g/mol. The van der Waals surface area contributed by atoms with Crippen molar-refractivity contribution in [1.29, 1.82) is 0 Å². The summed E-state index contributed by atoms with van der Waals surface area (Å²) in [6.45, 7) is 0.146. The number of hydrogen-bond donors (Lipinski definition) is 2. The lowest BCUT2D eigenvalue weighted by Gasteiger charge is -2.11. The van der Waals surface area contributed by atoms with Crippen molar-refractivity contribution >= 4 is 27.3 Å². The van der Waals surface area contributed by atoms with Crippen molar-refractivity contribution < 1.29 is 23.2 Å². The molecule has 9 nitrogen and oxygen atoms in total. The maximum atomic E-state index is 12.5. The molecule has 0 saturated carbocycles. The number of pyridine rings is 1. The van der Waals surface area contributed by atoms with Crippen molar-refractivity contribution in [2.24, 2.45) is 0 Å². The van der Waals surface area contributed by atoms with Crippen LogP contribution in [0, 0.1) is 10.1 Å². The molecule has 0 amide bonds. The maximum Gasteiger partial charge on any atom is 0.303 e. The van der Waals surface area contributed by atoms with Gasteiger partial charge in [-0.15, -0.1) is 0 Å². The molecule has 1 aromatic heterocycles. The van der Waals surface area contributed by atoms with E-state index in [1.165, 1.54) is 12.1 Å². The zero-order chi connectivity index (χ0) is 25.3. The number of nitro benzene ring substituents is 1. The minimum atomic E-state index is -3.80. The van der Waals surface area contributed by atoms with E-state index >= 15 is 0 Å². The molecule has 0 fully saturated rings. The van der Waals surface area contributed by atoms with E-state index in [0.717, 1.165) is 34.4 Å². The summed E-state index contributed by atoms with van der Waals surface area (Å²) in [5.74, 6) is -0.834. The van der Waals surface area contributed by atoms with Gasteiger partial charge in [-0.05, 0) is 54.2 Å². The fraction of sp³-hybridized carbons (Fsp3) is 0.200. The minimum Gasteiger partial charge on any atom is -0.481 e. The molecule has 1 heterocycles. The number of carbonyl (C=O) groups is 1. The number of nitrogens with zero attached hydrogens (tertiary/aromatic N) is 2. The van der Waals surface area contributed by atoms with Gasteiger partial charge >= 0.3 is 5.97 Å². The van der Waals surface area contributed by atoms with Gasteiger partial charge in [0.25, 0.3) is 5.69 Å². The Kier molecular flexibility index (Phi) is 8.82. The van der Waals surface area contributed by atoms with Gasteiger partial charge in [0.2, 0.25) is 10.0 Å². The number of rotatable bonds is 12. The summed E-state index contributed by atoms with van der Waals surface area (Å²) in [6, 6.07) is 16.2. The van der Waals surface area contributed by atoms with E-state index in [1.54, 1.807) is 12.4 Å². The van der Waals surface area contributed by atoms with E-state index < -0.39 is 20.9 Å². The number of carboxylic acid groups (broad SMARTS) is 1. The van der Waals surface area contributed by atoms with E-state index in [4.69, 9.17) is 5.11 Å². The Morgan fingerprint density at radius 1 is 1.09 bits per heavy atom. The molecule has 10 heteroatoms. The van der Waals surface area contributed by atoms with Gasteiger partial charge in [-0.2, -0.15) is 0 Å². The second-order valence-electron chi connectivity index (χ2n) is 7.74. The number of nitrogens with one attached hydrogen (secondary N) is 1. The van der Waals surface area contributed by atoms with Crippen molar-refractivity contribution in [2.45, 2.75) is 30.6 Å². The molecule has 182 valence electrons. The summed E-state index contributed by atoms with van der Waals surface area (Å²) in [5, 5.41) is 19.7. The number of aliphatic carboxylic acids is 1. The standard InChI is InChI=1S/C25H25N3O6S/c29-25(30)9-2-1-8-24(21-7-4-15-26-18-21)20-6-3-5-19(17-20)14-16-27-35(33,34)23-12-10-22(11-13-23)28(31)32/h3-8,10-13,15,17-18,27H,1-2,9,14,16H2,(H,29,30)/b24-8+. The third-order valence-electron chi connectivity index (χ3n) is 5.22. The third kappa shape index (κ3) is 7.56. The van der Waals surface area contributed by atoms with Crippen LogP contribution >= 0.6 is 0 Å². The summed E-state index contributed by atoms with van der Waals surface area (Å²) in [7, 11) is -3.80. The van der Waals surface area contributed by atoms with Crippen LogP contribution in [0.2, 0.25) is 0 Å². The lowest BCUT2D eigenvalue weighted by atomic mass is 9.95. The van der Waals surface area contributed by atoms with Crippen molar-refractivity contribution in [2.75, 3.05) is 6.54 Å². The van der Waals surface area contributed by atoms with Crippen LogP contribution in [0.3, 0.4) is 0 Å². The Balaban J connectivity index is 1.71. The van der Waals surface area contributed by atoms with Crippen LogP contribution < -0.4 is 4.72 Å². The van der Waals surface area contributed by atoms with Gasteiger partial charge in [-0.3, -0.25) is 19.9 Å². The molecule has 0 spiro atoms. The Labute approximate surface area is 203 Å². The first-order valence-corrected chi connectivity index (χ1v) is 12.4. The monoisotopic (exact) mass is 495 g/mol. The summed E-state index contributed by atoms with van der Waals surface area (Å²) >= 11 is 0. The molecule has 35 heavy (non-hydrogen) atoms. The molecule has 0 saturated heterocycles. The SMILES string of the molecule is O=C(O)CCC/C=C(/c1cccnc1)c1cccc(CCNS(=O)(=O)c2ccc([N+](=O)[O-])cc2)c1. The number of non-ortho nitro benzene ring substituents is 1. The summed E-state index contributed by atoms with van der Waals surface area (Å²) in [6.07, 6.45) is 7.05. The van der Waals surface area contributed by atoms with E-state index in [1.807, 2.05) is 42.5 Å². The number of benzene rings is 2. The van der Waals surface area contributed by atoms with Crippen molar-refractivity contribution in [3.8, 4) is 0 Å². The van der Waals surface area contributed by atoms with E-state index in [2.05, 4.69) is 9.71 Å². The molecule has 2 N–H and O–H groups in total. The number of allylic oxidation sites excluding steroid dienone is 1. The average Bonchev–Trinajstić information content (AvgIpc) is 2.84. The zero-order valence-corrected chi connectivity index (χ0v) is 19.6. The van der Waals surface area contributed by atoms with E-state index in [0.29, 0.717) is 19.3 Å². The van der Waals surface area contributed by atoms with Gasteiger partial charge in [0.15, 0.2) is 0 Å². The Bertz CT molecular complexity index is 1310. The molecular formula is C25H25N3O6S. The molecule has 0 aliphatic carbocycles. The average molecular weight is 496 g/mol. The van der Waals surface area contributed by atoms with Crippen molar-refractivity contribution in [1.82, 2.24) is 9.71 Å². The van der Waals surface area contributed by atoms with Crippen LogP contribution in [0.4, 0.5) is 5.69 Å². The van der Waals surface area contributed by atoms with Crippen molar-refractivity contribution in [3.63, 3.8) is 0 Å². The number of sulfonamides is 1. The predicted octanol–water partition coefficient (Wildman–Crippen LogP) is 4.20. The highest BCUT2D eigenvalue weighted by atomic mass is 32.2. The van der Waals surface area contributed by atoms with E-state index in [9.17, 15) is 23.3 Å². The second kappa shape index (κ2) is 12.0. The first kappa shape index (κ1) is 25.7. The predicted molar refractivity (Wildman–Crippen MR) is 131 cm³/mol. The normalized spacial score (nSPS) is 11.8. The van der Waals surface area contributed by atoms with Gasteiger partial charge in [-0.1, -0.05) is 36.4 Å². The van der Waals surface area contributed by atoms with Gasteiger partial charge in [0.05, 0.1) is 9.82 Å². The minimum absolute atomic E-state index is 0.0417. The smallest absolute Gasteiger partial charge is 0.303 e. The topological polar surface area (TPSA) is 140 Å². The fourth-order valence-electron chi connectivity index (χ4n) is 3.48. The first-order valence-electron chi connectivity index (χ1n) is 10.9. The Hall–Kier alpha value is -3.89. The first-order chi connectivity index (χ1) is 16.8. The van der Waals surface area contributed by atoms with Crippen molar-refractivity contribution in [3.05, 3.63) is 106 Å². The molecule has 0 aliphatic heterocycles. The molecule has 0 bridgehead atoms. The maximum absolute atomic E-state index is 12.5. The Morgan fingerprint density at radius 3 is 2.49 bits per heavy atom. The molecule has 0 unspecified atom stereocenters. The summed E-state index contributed by atoms with van der Waals surface area (Å²) in [5.41, 5.74) is 3.48. The quantitative estimate of drug-likeness (QED) is 0.218. The van der Waals surface area contributed by atoms with Gasteiger partial charge in [0.1, 0.15) is 0 Å². The lowest BCUT2D eigenvalue weighted by molar-refractivity contribution is -0.384. The van der Waals surface area contributed by atoms with Crippen LogP contribution in [0.1, 0.15) is 36.0 Å². The molecule has 3 rings (SSSR count). The molecule has 2 aromatic carbocycles. The number of nitro groups is 1. The van der Waals surface area contributed by atoms with Crippen LogP contribution in [-0.2, 0) is 21.2 Å². The van der Waals surface area contributed by atoms with Crippen LogP contribution in [0.5, 0.6) is 0 Å². The van der Waals surface area contributed by atoms with E-state index in [-0.39, 0.29) is 23.5 Å². The number of aromatic nitrogens is 1. The highest BCUT2D eigenvalue weighted by Crippen LogP contribution is 2.25. The largest absolute Gasteiger partial charge is 0.481 e. The molecule has 0 atom stereocenters. The second-order valence-corrected chi connectivity index (χ2v) is 9.51. The molecule has 0 aliphatic rings. The number of unbranched alkanes of at least 4 members (excludes halogenated alkanes) is 1. The number of carboxylic acids is 1. The third-order valence-corrected chi connectivity index (χ3v) is 6.69. The summed E-state index contributed by atoms with van der Waals surface area (Å²) < 4.78 is 27.6. The summed E-state index contributed by atoms with van der Waals surface area (Å²) in [4.78, 5) is 25.1.